The number of nitrogens with zero attached hydrogens (tertiary/aromatic N) is 2. The van der Waals surface area contributed by atoms with Crippen LogP contribution in [0.4, 0.5) is 4.79 Å². The highest BCUT2D eigenvalue weighted by Crippen LogP contribution is 2.20. The van der Waals surface area contributed by atoms with E-state index in [1.807, 2.05) is 0 Å². The van der Waals surface area contributed by atoms with Crippen LogP contribution in [0.2, 0.25) is 0 Å². The van der Waals surface area contributed by atoms with Crippen molar-refractivity contribution in [3.8, 4) is 0 Å². The maximum Gasteiger partial charge on any atom is 0.320 e. The van der Waals surface area contributed by atoms with Crippen LogP contribution in [-0.2, 0) is 0 Å². The number of likely N-dealkylation sites (tertiary alicyclic amines) is 1. The first-order chi connectivity index (χ1) is 8.99. The van der Waals surface area contributed by atoms with Crippen LogP contribution in [0.15, 0.2) is 0 Å². The zero-order valence-corrected chi connectivity index (χ0v) is 13.5. The van der Waals surface area contributed by atoms with Crippen molar-refractivity contribution in [3.63, 3.8) is 0 Å². The third-order valence-corrected chi connectivity index (χ3v) is 4.12. The van der Waals surface area contributed by atoms with Gasteiger partial charge in [-0.1, -0.05) is 34.6 Å². The van der Waals surface area contributed by atoms with Gasteiger partial charge in [0, 0.05) is 25.7 Å². The summed E-state index contributed by atoms with van der Waals surface area (Å²) in [6, 6.07) is 0.668. The maximum absolute atomic E-state index is 12.8. The number of hydrogen-bond acceptors (Lipinski definition) is 1. The second kappa shape index (κ2) is 7.76. The molecule has 1 rings (SSSR count). The van der Waals surface area contributed by atoms with Crippen molar-refractivity contribution in [1.29, 1.82) is 0 Å². The molecule has 0 aliphatic carbocycles. The molecule has 3 heteroatoms. The normalized spacial score (nSPS) is 20.2. The van der Waals surface area contributed by atoms with Crippen LogP contribution >= 0.6 is 0 Å². The fourth-order valence-electron chi connectivity index (χ4n) is 3.05. The Morgan fingerprint density at radius 2 is 1.95 bits per heavy atom. The molecule has 0 bridgehead atoms. The molecule has 0 N–H and O–H groups in total. The van der Waals surface area contributed by atoms with E-state index in [0.29, 0.717) is 17.9 Å². The van der Waals surface area contributed by atoms with E-state index in [1.165, 1.54) is 6.42 Å². The lowest BCUT2D eigenvalue weighted by Crippen LogP contribution is -2.51. The number of rotatable bonds is 5. The van der Waals surface area contributed by atoms with Crippen LogP contribution in [0.1, 0.15) is 60.3 Å². The Morgan fingerprint density at radius 1 is 1.32 bits per heavy atom. The van der Waals surface area contributed by atoms with Gasteiger partial charge in [0.15, 0.2) is 0 Å². The minimum Gasteiger partial charge on any atom is -0.324 e. The first-order valence-corrected chi connectivity index (χ1v) is 8.05. The van der Waals surface area contributed by atoms with Gasteiger partial charge in [0.2, 0.25) is 0 Å². The van der Waals surface area contributed by atoms with Crippen molar-refractivity contribution in [2.75, 3.05) is 19.6 Å². The van der Waals surface area contributed by atoms with Crippen LogP contribution in [0.3, 0.4) is 0 Å². The quantitative estimate of drug-likeness (QED) is 0.739. The second-order valence-electron chi connectivity index (χ2n) is 6.49. The predicted molar refractivity (Wildman–Crippen MR) is 81.3 cm³/mol. The zero-order chi connectivity index (χ0) is 14.4. The van der Waals surface area contributed by atoms with E-state index in [9.17, 15) is 4.79 Å². The molecule has 1 atom stereocenters. The van der Waals surface area contributed by atoms with E-state index in [1.54, 1.807) is 0 Å². The smallest absolute Gasteiger partial charge is 0.320 e. The molecule has 112 valence electrons. The minimum atomic E-state index is 0.272. The summed E-state index contributed by atoms with van der Waals surface area (Å²) in [4.78, 5) is 17.0. The molecule has 1 fully saturated rings. The first-order valence-electron chi connectivity index (χ1n) is 8.05. The van der Waals surface area contributed by atoms with E-state index in [4.69, 9.17) is 0 Å². The van der Waals surface area contributed by atoms with Gasteiger partial charge < -0.3 is 9.80 Å². The number of hydrogen-bond donors (Lipinski definition) is 0. The average Bonchev–Trinajstić information content (AvgIpc) is 2.37. The summed E-state index contributed by atoms with van der Waals surface area (Å²) < 4.78 is 0. The van der Waals surface area contributed by atoms with E-state index in [2.05, 4.69) is 44.4 Å². The molecule has 1 aliphatic heterocycles. The van der Waals surface area contributed by atoms with Crippen LogP contribution < -0.4 is 0 Å². The molecule has 0 aromatic rings. The van der Waals surface area contributed by atoms with Crippen molar-refractivity contribution in [1.82, 2.24) is 9.80 Å². The van der Waals surface area contributed by atoms with Gasteiger partial charge in [-0.15, -0.1) is 0 Å². The van der Waals surface area contributed by atoms with Gasteiger partial charge in [0.25, 0.3) is 0 Å². The Kier molecular flexibility index (Phi) is 6.67. The molecule has 2 amide bonds. The van der Waals surface area contributed by atoms with Gasteiger partial charge in [0.05, 0.1) is 0 Å². The van der Waals surface area contributed by atoms with Crippen LogP contribution in [0.5, 0.6) is 0 Å². The second-order valence-corrected chi connectivity index (χ2v) is 6.49. The van der Waals surface area contributed by atoms with Crippen molar-refractivity contribution in [3.05, 3.63) is 0 Å². The standard InChI is InChI=1S/C16H32N2O/c1-6-15(7-2)18(11-13(3)4)16(19)17-10-8-9-14(5)12-17/h13-15H,6-12H2,1-5H3. The van der Waals surface area contributed by atoms with Crippen molar-refractivity contribution >= 4 is 6.03 Å². The van der Waals surface area contributed by atoms with Gasteiger partial charge in [0.1, 0.15) is 0 Å². The maximum atomic E-state index is 12.8. The Hall–Kier alpha value is -0.730. The van der Waals surface area contributed by atoms with E-state index in [-0.39, 0.29) is 6.03 Å². The molecular formula is C16H32N2O. The lowest BCUT2D eigenvalue weighted by atomic mass is 10.0. The Balaban J connectivity index is 2.74. The SMILES string of the molecule is CCC(CC)N(CC(C)C)C(=O)N1CCCC(C)C1. The fourth-order valence-corrected chi connectivity index (χ4v) is 3.05. The highest BCUT2D eigenvalue weighted by molar-refractivity contribution is 5.75. The summed E-state index contributed by atoms with van der Waals surface area (Å²) in [5, 5.41) is 0. The molecule has 19 heavy (non-hydrogen) atoms. The molecule has 0 radical (unpaired) electrons. The minimum absolute atomic E-state index is 0.272. The molecule has 1 aliphatic rings. The van der Waals surface area contributed by atoms with Crippen molar-refractivity contribution < 1.29 is 4.79 Å². The van der Waals surface area contributed by atoms with E-state index < -0.39 is 0 Å². The number of carbonyl (C=O) groups is 1. The fraction of sp³-hybridized carbons (Fsp3) is 0.938. The average molecular weight is 268 g/mol. The highest BCUT2D eigenvalue weighted by atomic mass is 16.2. The Bertz CT molecular complexity index is 274. The molecule has 0 saturated carbocycles. The third-order valence-electron chi connectivity index (χ3n) is 4.12. The number of carbonyl (C=O) groups excluding carboxylic acids is 1. The summed E-state index contributed by atoms with van der Waals surface area (Å²) in [6.07, 6.45) is 4.53. The summed E-state index contributed by atoms with van der Waals surface area (Å²) in [7, 11) is 0. The molecule has 0 aromatic heterocycles. The summed E-state index contributed by atoms with van der Waals surface area (Å²) >= 11 is 0. The molecule has 1 saturated heterocycles. The molecular weight excluding hydrogens is 236 g/mol. The molecule has 3 nitrogen and oxygen atoms in total. The van der Waals surface area contributed by atoms with Crippen LogP contribution in [-0.4, -0.2) is 41.5 Å². The largest absolute Gasteiger partial charge is 0.324 e. The van der Waals surface area contributed by atoms with Gasteiger partial charge in [-0.2, -0.15) is 0 Å². The third kappa shape index (κ3) is 4.70. The monoisotopic (exact) mass is 268 g/mol. The highest BCUT2D eigenvalue weighted by Gasteiger charge is 2.28. The van der Waals surface area contributed by atoms with Crippen LogP contribution in [0, 0.1) is 11.8 Å². The number of piperidine rings is 1. The van der Waals surface area contributed by atoms with Crippen molar-refractivity contribution in [2.45, 2.75) is 66.3 Å². The summed E-state index contributed by atoms with van der Waals surface area (Å²) in [5.41, 5.74) is 0. The molecule has 0 aromatic carbocycles. The first kappa shape index (κ1) is 16.3. The molecule has 0 spiro atoms. The van der Waals surface area contributed by atoms with E-state index in [0.717, 1.165) is 38.9 Å². The topological polar surface area (TPSA) is 23.6 Å². The van der Waals surface area contributed by atoms with Gasteiger partial charge in [-0.05, 0) is 37.5 Å². The van der Waals surface area contributed by atoms with Crippen molar-refractivity contribution in [2.24, 2.45) is 11.8 Å². The molecule has 1 unspecified atom stereocenters. The Labute approximate surface area is 119 Å². The Morgan fingerprint density at radius 3 is 2.42 bits per heavy atom. The lowest BCUT2D eigenvalue weighted by Gasteiger charge is -2.39. The van der Waals surface area contributed by atoms with E-state index >= 15 is 0 Å². The predicted octanol–water partition coefficient (Wildman–Crippen LogP) is 3.98. The van der Waals surface area contributed by atoms with Gasteiger partial charge >= 0.3 is 6.03 Å². The van der Waals surface area contributed by atoms with Gasteiger partial charge in [-0.3, -0.25) is 0 Å². The van der Waals surface area contributed by atoms with Gasteiger partial charge in [-0.25, -0.2) is 4.79 Å². The van der Waals surface area contributed by atoms with Crippen LogP contribution in [0.25, 0.3) is 0 Å². The zero-order valence-electron chi connectivity index (χ0n) is 13.5. The summed E-state index contributed by atoms with van der Waals surface area (Å²) in [5.74, 6) is 1.19. The molecule has 1 heterocycles. The number of urea groups is 1. The lowest BCUT2D eigenvalue weighted by molar-refractivity contribution is 0.106. The number of amides is 2. The summed E-state index contributed by atoms with van der Waals surface area (Å²) in [6.45, 7) is 13.8.